The second-order valence-electron chi connectivity index (χ2n) is 4.90. The quantitative estimate of drug-likeness (QED) is 0.797. The summed E-state index contributed by atoms with van der Waals surface area (Å²) in [6.45, 7) is 2.60. The van der Waals surface area contributed by atoms with Gasteiger partial charge in [0.25, 0.3) is 0 Å². The van der Waals surface area contributed by atoms with Crippen LogP contribution < -0.4 is 4.72 Å². The van der Waals surface area contributed by atoms with Crippen LogP contribution in [0.5, 0.6) is 0 Å². The van der Waals surface area contributed by atoms with Gasteiger partial charge in [0.05, 0.1) is 18.1 Å². The van der Waals surface area contributed by atoms with E-state index >= 15 is 0 Å². The molecule has 0 aromatic carbocycles. The Morgan fingerprint density at radius 1 is 1.35 bits per heavy atom. The van der Waals surface area contributed by atoms with Gasteiger partial charge in [0.2, 0.25) is 10.0 Å². The third-order valence-corrected chi connectivity index (χ3v) is 6.79. The van der Waals surface area contributed by atoms with Crippen LogP contribution in [0, 0.1) is 13.8 Å². The lowest BCUT2D eigenvalue weighted by Crippen LogP contribution is -2.36. The van der Waals surface area contributed by atoms with Gasteiger partial charge in [-0.2, -0.15) is 0 Å². The van der Waals surface area contributed by atoms with Crippen LogP contribution in [0.2, 0.25) is 0 Å². The van der Waals surface area contributed by atoms with Gasteiger partial charge in [-0.05, 0) is 20.3 Å². The number of aliphatic hydroxyl groups is 1. The van der Waals surface area contributed by atoms with E-state index in [1.54, 1.807) is 6.92 Å². The number of hydrogen-bond acceptors (Lipinski definition) is 6. The first-order valence-electron chi connectivity index (χ1n) is 6.09. The van der Waals surface area contributed by atoms with E-state index in [1.807, 2.05) is 0 Å². The van der Waals surface area contributed by atoms with Gasteiger partial charge in [-0.1, -0.05) is 0 Å². The Labute approximate surface area is 118 Å². The van der Waals surface area contributed by atoms with Crippen molar-refractivity contribution >= 4 is 19.9 Å². The molecule has 2 heterocycles. The smallest absolute Gasteiger partial charge is 0.244 e. The van der Waals surface area contributed by atoms with Crippen LogP contribution in [0.4, 0.5) is 0 Å². The van der Waals surface area contributed by atoms with Crippen molar-refractivity contribution in [1.29, 1.82) is 0 Å². The lowest BCUT2D eigenvalue weighted by atomic mass is 10.2. The van der Waals surface area contributed by atoms with E-state index in [-0.39, 0.29) is 34.1 Å². The van der Waals surface area contributed by atoms with Gasteiger partial charge in [0, 0.05) is 11.6 Å². The molecule has 1 saturated heterocycles. The molecule has 20 heavy (non-hydrogen) atoms. The van der Waals surface area contributed by atoms with Crippen LogP contribution in [0.25, 0.3) is 0 Å². The first-order chi connectivity index (χ1) is 9.16. The summed E-state index contributed by atoms with van der Waals surface area (Å²) in [6.07, 6.45) is 0.256. The summed E-state index contributed by atoms with van der Waals surface area (Å²) in [5, 5.41) is 9.27. The van der Waals surface area contributed by atoms with Crippen molar-refractivity contribution in [2.75, 3.05) is 11.5 Å². The summed E-state index contributed by atoms with van der Waals surface area (Å²) in [6, 6.07) is -0.633. The van der Waals surface area contributed by atoms with E-state index in [1.165, 1.54) is 6.92 Å². The number of furan rings is 1. The molecule has 1 aliphatic rings. The fraction of sp³-hybridized carbons (Fsp3) is 0.636. The number of nitrogens with one attached hydrogen (secondary N) is 1. The fourth-order valence-corrected chi connectivity index (χ4v) is 5.90. The van der Waals surface area contributed by atoms with E-state index in [9.17, 15) is 21.9 Å². The second kappa shape index (κ2) is 5.14. The molecule has 0 bridgehead atoms. The minimum atomic E-state index is -3.91. The maximum Gasteiger partial charge on any atom is 0.244 e. The minimum absolute atomic E-state index is 0.0174. The lowest BCUT2D eigenvalue weighted by molar-refractivity contribution is 0.276. The molecule has 0 radical (unpaired) electrons. The molecule has 0 aliphatic carbocycles. The second-order valence-corrected chi connectivity index (χ2v) is 8.78. The van der Waals surface area contributed by atoms with Crippen molar-refractivity contribution in [2.24, 2.45) is 0 Å². The van der Waals surface area contributed by atoms with Crippen molar-refractivity contribution in [3.05, 3.63) is 17.1 Å². The first kappa shape index (κ1) is 15.5. The van der Waals surface area contributed by atoms with Crippen LogP contribution in [-0.2, 0) is 26.5 Å². The minimum Gasteiger partial charge on any atom is -0.465 e. The standard InChI is InChI=1S/C11H17NO6S2/c1-7-10(5-13)11(8(2)18-7)20(16,17)12-9-3-4-19(14,15)6-9/h9,12-13H,3-6H2,1-2H3. The lowest BCUT2D eigenvalue weighted by Gasteiger charge is -2.12. The van der Waals surface area contributed by atoms with Gasteiger partial charge in [-0.25, -0.2) is 21.6 Å². The molecule has 1 aromatic heterocycles. The third-order valence-electron chi connectivity index (χ3n) is 3.31. The van der Waals surface area contributed by atoms with E-state index in [2.05, 4.69) is 4.72 Å². The molecule has 1 unspecified atom stereocenters. The summed E-state index contributed by atoms with van der Waals surface area (Å²) in [7, 11) is -7.09. The molecule has 0 amide bonds. The van der Waals surface area contributed by atoms with Gasteiger partial charge in [-0.3, -0.25) is 0 Å². The molecule has 1 aromatic rings. The highest BCUT2D eigenvalue weighted by atomic mass is 32.2. The first-order valence-corrected chi connectivity index (χ1v) is 9.39. The van der Waals surface area contributed by atoms with Crippen LogP contribution in [0.15, 0.2) is 9.31 Å². The Kier molecular flexibility index (Phi) is 3.98. The molecule has 2 N–H and O–H groups in total. The summed E-state index contributed by atoms with van der Waals surface area (Å²) < 4.78 is 55.0. The number of hydrogen-bond donors (Lipinski definition) is 2. The predicted molar refractivity (Wildman–Crippen MR) is 71.5 cm³/mol. The number of sulfonamides is 1. The van der Waals surface area contributed by atoms with Crippen molar-refractivity contribution in [2.45, 2.75) is 37.8 Å². The maximum atomic E-state index is 12.3. The molecule has 1 atom stereocenters. The van der Waals surface area contributed by atoms with E-state index in [4.69, 9.17) is 4.42 Å². The molecule has 0 saturated carbocycles. The monoisotopic (exact) mass is 323 g/mol. The number of aliphatic hydroxyl groups excluding tert-OH is 1. The average Bonchev–Trinajstić information content (AvgIpc) is 2.77. The summed E-state index contributed by atoms with van der Waals surface area (Å²) in [5.74, 6) is 0.303. The van der Waals surface area contributed by atoms with Crippen molar-refractivity contribution in [1.82, 2.24) is 4.72 Å². The fourth-order valence-electron chi connectivity index (χ4n) is 2.41. The third kappa shape index (κ3) is 2.90. The largest absolute Gasteiger partial charge is 0.465 e. The van der Waals surface area contributed by atoms with Crippen LogP contribution in [-0.4, -0.2) is 39.5 Å². The Bertz CT molecular complexity index is 716. The zero-order valence-electron chi connectivity index (χ0n) is 11.2. The maximum absolute atomic E-state index is 12.3. The molecule has 1 fully saturated rings. The zero-order chi connectivity index (χ0) is 15.1. The van der Waals surface area contributed by atoms with E-state index in [0.29, 0.717) is 5.76 Å². The number of sulfone groups is 1. The van der Waals surface area contributed by atoms with Crippen LogP contribution in [0.1, 0.15) is 23.5 Å². The number of rotatable bonds is 4. The Hall–Kier alpha value is -0.900. The van der Waals surface area contributed by atoms with Gasteiger partial charge in [-0.15, -0.1) is 0 Å². The van der Waals surface area contributed by atoms with E-state index in [0.717, 1.165) is 0 Å². The molecule has 114 valence electrons. The zero-order valence-corrected chi connectivity index (χ0v) is 12.8. The Morgan fingerprint density at radius 2 is 2.00 bits per heavy atom. The van der Waals surface area contributed by atoms with Crippen LogP contribution >= 0.6 is 0 Å². The van der Waals surface area contributed by atoms with Gasteiger partial charge < -0.3 is 9.52 Å². The topological polar surface area (TPSA) is 114 Å². The van der Waals surface area contributed by atoms with Crippen molar-refractivity contribution in [3.8, 4) is 0 Å². The summed E-state index contributed by atoms with van der Waals surface area (Å²) in [4.78, 5) is -0.0956. The molecular weight excluding hydrogens is 306 g/mol. The Balaban J connectivity index is 2.32. The highest BCUT2D eigenvalue weighted by Gasteiger charge is 2.34. The molecule has 7 nitrogen and oxygen atoms in total. The number of aryl methyl sites for hydroxylation is 2. The van der Waals surface area contributed by atoms with Gasteiger partial charge in [0.1, 0.15) is 16.4 Å². The van der Waals surface area contributed by atoms with Gasteiger partial charge in [0.15, 0.2) is 9.84 Å². The Morgan fingerprint density at radius 3 is 2.50 bits per heavy atom. The average molecular weight is 323 g/mol. The van der Waals surface area contributed by atoms with Gasteiger partial charge >= 0.3 is 0 Å². The molecular formula is C11H17NO6S2. The van der Waals surface area contributed by atoms with Crippen molar-refractivity contribution < 1.29 is 26.4 Å². The van der Waals surface area contributed by atoms with Crippen LogP contribution in [0.3, 0.4) is 0 Å². The molecule has 1 aliphatic heterocycles. The van der Waals surface area contributed by atoms with Crippen molar-refractivity contribution in [3.63, 3.8) is 0 Å². The normalized spacial score (nSPS) is 22.2. The summed E-state index contributed by atoms with van der Waals surface area (Å²) >= 11 is 0. The van der Waals surface area contributed by atoms with E-state index < -0.39 is 32.5 Å². The summed E-state index contributed by atoms with van der Waals surface area (Å²) in [5.41, 5.74) is 0.204. The molecule has 0 spiro atoms. The predicted octanol–water partition coefficient (Wildman–Crippen LogP) is -0.146. The molecule has 9 heteroatoms. The SMILES string of the molecule is Cc1oc(C)c(S(=O)(=O)NC2CCS(=O)(=O)C2)c1CO. The highest BCUT2D eigenvalue weighted by molar-refractivity contribution is 7.92. The highest BCUT2D eigenvalue weighted by Crippen LogP contribution is 2.27. The molecule has 2 rings (SSSR count).